The number of halogens is 2. The highest BCUT2D eigenvalue weighted by Gasteiger charge is 2.50. The Hall–Kier alpha value is -1.83. The van der Waals surface area contributed by atoms with E-state index in [2.05, 4.69) is 10.2 Å². The van der Waals surface area contributed by atoms with Crippen LogP contribution in [0, 0.1) is 6.92 Å². The largest absolute Gasteiger partial charge is 0.364 e. The molecule has 1 atom stereocenters. The molecular formula is C11H14F2N4O2. The fourth-order valence-electron chi connectivity index (χ4n) is 1.94. The Morgan fingerprint density at radius 2 is 2.26 bits per heavy atom. The Kier molecular flexibility index (Phi) is 3.36. The molecule has 0 spiro atoms. The zero-order valence-electron chi connectivity index (χ0n) is 10.5. The SMILES string of the molecule is CC1=NN(C(=O)Cn2cc(C)cn2)C(O)(C(F)F)C1. The minimum Gasteiger partial charge on any atom is -0.364 e. The summed E-state index contributed by atoms with van der Waals surface area (Å²) in [6, 6.07) is 0. The van der Waals surface area contributed by atoms with Gasteiger partial charge in [0.15, 0.2) is 0 Å². The molecule has 1 unspecified atom stereocenters. The van der Waals surface area contributed by atoms with E-state index in [1.807, 2.05) is 0 Å². The lowest BCUT2D eigenvalue weighted by Crippen LogP contribution is -2.52. The van der Waals surface area contributed by atoms with Crippen molar-refractivity contribution in [2.45, 2.75) is 39.0 Å². The minimum absolute atomic E-state index is 0.250. The number of hydrogen-bond donors (Lipinski definition) is 1. The molecule has 2 rings (SSSR count). The highest BCUT2D eigenvalue weighted by atomic mass is 19.3. The van der Waals surface area contributed by atoms with Crippen LogP contribution < -0.4 is 0 Å². The fourth-order valence-corrected chi connectivity index (χ4v) is 1.94. The van der Waals surface area contributed by atoms with Crippen LogP contribution in [0.3, 0.4) is 0 Å². The van der Waals surface area contributed by atoms with Gasteiger partial charge in [0, 0.05) is 18.3 Å². The van der Waals surface area contributed by atoms with E-state index in [1.165, 1.54) is 11.6 Å². The Labute approximate surface area is 108 Å². The summed E-state index contributed by atoms with van der Waals surface area (Å²) in [6.45, 7) is 3.03. The summed E-state index contributed by atoms with van der Waals surface area (Å²) in [5, 5.41) is 17.9. The van der Waals surface area contributed by atoms with E-state index in [4.69, 9.17) is 0 Å². The number of aliphatic hydroxyl groups is 1. The van der Waals surface area contributed by atoms with E-state index in [1.54, 1.807) is 19.3 Å². The van der Waals surface area contributed by atoms with Crippen LogP contribution >= 0.6 is 0 Å². The van der Waals surface area contributed by atoms with Crippen LogP contribution in [0.1, 0.15) is 18.9 Å². The van der Waals surface area contributed by atoms with E-state index in [0.29, 0.717) is 5.01 Å². The van der Waals surface area contributed by atoms with Crippen molar-refractivity contribution >= 4 is 11.6 Å². The van der Waals surface area contributed by atoms with E-state index >= 15 is 0 Å². The Bertz CT molecular complexity index is 529. The summed E-state index contributed by atoms with van der Waals surface area (Å²) >= 11 is 0. The van der Waals surface area contributed by atoms with Crippen molar-refractivity contribution in [1.82, 2.24) is 14.8 Å². The van der Waals surface area contributed by atoms with Gasteiger partial charge in [-0.25, -0.2) is 8.78 Å². The van der Waals surface area contributed by atoms with Gasteiger partial charge in [0.2, 0.25) is 5.72 Å². The molecule has 0 fully saturated rings. The molecule has 8 heteroatoms. The molecule has 1 aliphatic heterocycles. The van der Waals surface area contributed by atoms with Gasteiger partial charge < -0.3 is 5.11 Å². The minimum atomic E-state index is -3.09. The third-order valence-corrected chi connectivity index (χ3v) is 2.80. The van der Waals surface area contributed by atoms with Crippen molar-refractivity contribution in [3.8, 4) is 0 Å². The van der Waals surface area contributed by atoms with Crippen molar-refractivity contribution in [3.63, 3.8) is 0 Å². The molecule has 0 bridgehead atoms. The van der Waals surface area contributed by atoms with Crippen LogP contribution in [-0.2, 0) is 11.3 Å². The highest BCUT2D eigenvalue weighted by molar-refractivity contribution is 5.88. The number of aromatic nitrogens is 2. The van der Waals surface area contributed by atoms with Gasteiger partial charge in [0.25, 0.3) is 12.3 Å². The van der Waals surface area contributed by atoms with E-state index in [0.717, 1.165) is 5.56 Å². The number of carbonyl (C=O) groups excluding carboxylic acids is 1. The van der Waals surface area contributed by atoms with Crippen LogP contribution in [0.4, 0.5) is 8.78 Å². The second-order valence-electron chi connectivity index (χ2n) is 4.61. The van der Waals surface area contributed by atoms with Crippen molar-refractivity contribution in [1.29, 1.82) is 0 Å². The van der Waals surface area contributed by atoms with E-state index < -0.39 is 18.1 Å². The first-order valence-electron chi connectivity index (χ1n) is 5.69. The maximum Gasteiger partial charge on any atom is 0.287 e. The summed E-state index contributed by atoms with van der Waals surface area (Å²) < 4.78 is 27.1. The van der Waals surface area contributed by atoms with Gasteiger partial charge in [-0.15, -0.1) is 0 Å². The smallest absolute Gasteiger partial charge is 0.287 e. The zero-order chi connectivity index (χ0) is 14.2. The summed E-state index contributed by atoms with van der Waals surface area (Å²) in [6.07, 6.45) is -0.289. The Morgan fingerprint density at radius 3 is 2.79 bits per heavy atom. The molecule has 0 saturated carbocycles. The molecule has 19 heavy (non-hydrogen) atoms. The van der Waals surface area contributed by atoms with E-state index in [-0.39, 0.29) is 18.7 Å². The van der Waals surface area contributed by atoms with Gasteiger partial charge in [-0.2, -0.15) is 15.2 Å². The fraction of sp³-hybridized carbons (Fsp3) is 0.545. The molecule has 1 amide bonds. The molecule has 0 radical (unpaired) electrons. The van der Waals surface area contributed by atoms with Gasteiger partial charge in [0.1, 0.15) is 6.54 Å². The van der Waals surface area contributed by atoms with Gasteiger partial charge >= 0.3 is 0 Å². The average Bonchev–Trinajstić information content (AvgIpc) is 2.83. The maximum atomic E-state index is 12.9. The van der Waals surface area contributed by atoms with Crippen molar-refractivity contribution in [3.05, 3.63) is 18.0 Å². The maximum absolute atomic E-state index is 12.9. The summed E-state index contributed by atoms with van der Waals surface area (Å²) in [4.78, 5) is 12.0. The Morgan fingerprint density at radius 1 is 1.58 bits per heavy atom. The molecule has 0 aromatic carbocycles. The number of alkyl halides is 2. The third-order valence-electron chi connectivity index (χ3n) is 2.80. The second kappa shape index (κ2) is 4.69. The number of rotatable bonds is 3. The van der Waals surface area contributed by atoms with Crippen LogP contribution in [0.25, 0.3) is 0 Å². The molecule has 1 N–H and O–H groups in total. The summed E-state index contributed by atoms with van der Waals surface area (Å²) in [5.41, 5.74) is -1.42. The lowest BCUT2D eigenvalue weighted by Gasteiger charge is -2.29. The normalized spacial score (nSPS) is 23.1. The number of amides is 1. The zero-order valence-corrected chi connectivity index (χ0v) is 10.5. The number of hydrazone groups is 1. The van der Waals surface area contributed by atoms with Gasteiger partial charge in [-0.1, -0.05) is 0 Å². The van der Waals surface area contributed by atoms with Crippen molar-refractivity contribution in [2.24, 2.45) is 5.10 Å². The first-order valence-corrected chi connectivity index (χ1v) is 5.69. The molecule has 1 aromatic heterocycles. The molecule has 0 saturated heterocycles. The Balaban J connectivity index is 2.17. The predicted molar refractivity (Wildman–Crippen MR) is 62.5 cm³/mol. The summed E-state index contributed by atoms with van der Waals surface area (Å²) in [5.74, 6) is -0.734. The lowest BCUT2D eigenvalue weighted by atomic mass is 10.1. The number of nitrogens with zero attached hydrogens (tertiary/aromatic N) is 4. The molecule has 1 aromatic rings. The van der Waals surface area contributed by atoms with Crippen LogP contribution in [0.5, 0.6) is 0 Å². The van der Waals surface area contributed by atoms with E-state index in [9.17, 15) is 18.7 Å². The van der Waals surface area contributed by atoms with Crippen molar-refractivity contribution in [2.75, 3.05) is 0 Å². The van der Waals surface area contributed by atoms with Crippen molar-refractivity contribution < 1.29 is 18.7 Å². The number of carbonyl (C=O) groups is 1. The second-order valence-corrected chi connectivity index (χ2v) is 4.61. The first-order chi connectivity index (χ1) is 8.83. The predicted octanol–water partition coefficient (Wildman–Crippen LogP) is 0.753. The number of aryl methyl sites for hydroxylation is 1. The molecule has 1 aliphatic rings. The molecule has 6 nitrogen and oxygen atoms in total. The standard InChI is InChI=1S/C11H14F2N4O2/c1-7-4-14-16(5-7)6-9(18)17-11(19,10(12)13)3-8(2)15-17/h4-5,10,19H,3,6H2,1-2H3. The summed E-state index contributed by atoms with van der Waals surface area (Å²) in [7, 11) is 0. The van der Waals surface area contributed by atoms with Crippen LogP contribution in [-0.4, -0.2) is 43.7 Å². The lowest BCUT2D eigenvalue weighted by molar-refractivity contribution is -0.192. The molecular weight excluding hydrogens is 258 g/mol. The van der Waals surface area contributed by atoms with Gasteiger partial charge in [-0.3, -0.25) is 9.48 Å². The average molecular weight is 272 g/mol. The number of hydrogen-bond acceptors (Lipinski definition) is 4. The first kappa shape index (κ1) is 13.6. The quantitative estimate of drug-likeness (QED) is 0.882. The monoisotopic (exact) mass is 272 g/mol. The van der Waals surface area contributed by atoms with Gasteiger partial charge in [-0.05, 0) is 19.4 Å². The van der Waals surface area contributed by atoms with Gasteiger partial charge in [0.05, 0.1) is 6.20 Å². The van der Waals surface area contributed by atoms with Crippen LogP contribution in [0.15, 0.2) is 17.5 Å². The highest BCUT2D eigenvalue weighted by Crippen LogP contribution is 2.31. The topological polar surface area (TPSA) is 70.7 Å². The molecule has 2 heterocycles. The third kappa shape index (κ3) is 2.48. The molecule has 104 valence electrons. The van der Waals surface area contributed by atoms with Crippen LogP contribution in [0.2, 0.25) is 0 Å². The molecule has 0 aliphatic carbocycles.